The predicted octanol–water partition coefficient (Wildman–Crippen LogP) is 3.16. The van der Waals surface area contributed by atoms with E-state index in [0.29, 0.717) is 25.1 Å². The molecule has 6 nitrogen and oxygen atoms in total. The van der Waals surface area contributed by atoms with Gasteiger partial charge in [-0.05, 0) is 37.7 Å². The number of para-hydroxylation sites is 1. The molecule has 6 heteroatoms. The van der Waals surface area contributed by atoms with E-state index in [2.05, 4.69) is 29.4 Å². The number of urea groups is 1. The van der Waals surface area contributed by atoms with E-state index in [1.165, 1.54) is 12.8 Å². The van der Waals surface area contributed by atoms with E-state index in [9.17, 15) is 4.79 Å². The summed E-state index contributed by atoms with van der Waals surface area (Å²) in [6, 6.07) is 7.80. The minimum atomic E-state index is -0.166. The summed E-state index contributed by atoms with van der Waals surface area (Å²) in [7, 11) is 0. The summed E-state index contributed by atoms with van der Waals surface area (Å²) < 4.78 is 11.9. The molecule has 1 saturated carbocycles. The predicted molar refractivity (Wildman–Crippen MR) is 111 cm³/mol. The summed E-state index contributed by atoms with van der Waals surface area (Å²) in [6.45, 7) is 9.08. The highest BCUT2D eigenvalue weighted by atomic mass is 16.5. The van der Waals surface area contributed by atoms with Gasteiger partial charge < -0.3 is 20.1 Å². The standard InChI is InChI=1S/C22H35N3O3/c1-17(2)15-25-11-12-27-20(16-25)14-24-22(26)23-13-18-7-3-6-10-21(18)28-19-8-4-5-9-19/h3,6-7,10,17,19-20H,4-5,8-9,11-16H2,1-2H3,(H2,23,24,26). The molecule has 2 aliphatic rings. The van der Waals surface area contributed by atoms with Crippen LogP contribution in [0.5, 0.6) is 5.75 Å². The zero-order valence-electron chi connectivity index (χ0n) is 17.3. The highest BCUT2D eigenvalue weighted by Crippen LogP contribution is 2.26. The van der Waals surface area contributed by atoms with Crippen LogP contribution in [0, 0.1) is 5.92 Å². The minimum absolute atomic E-state index is 0.0521. The lowest BCUT2D eigenvalue weighted by Gasteiger charge is -2.33. The van der Waals surface area contributed by atoms with Gasteiger partial charge in [-0.15, -0.1) is 0 Å². The monoisotopic (exact) mass is 389 g/mol. The Bertz CT molecular complexity index is 617. The van der Waals surface area contributed by atoms with Crippen LogP contribution >= 0.6 is 0 Å². The fraction of sp³-hybridized carbons (Fsp3) is 0.682. The van der Waals surface area contributed by atoms with Crippen molar-refractivity contribution in [3.63, 3.8) is 0 Å². The molecule has 28 heavy (non-hydrogen) atoms. The third kappa shape index (κ3) is 6.67. The normalized spacial score (nSPS) is 21.0. The van der Waals surface area contributed by atoms with Gasteiger partial charge in [0.05, 0.1) is 18.8 Å². The highest BCUT2D eigenvalue weighted by Gasteiger charge is 2.21. The molecule has 0 bridgehead atoms. The Kier molecular flexibility index (Phi) is 7.98. The van der Waals surface area contributed by atoms with Crippen molar-refractivity contribution in [2.75, 3.05) is 32.8 Å². The van der Waals surface area contributed by atoms with Crippen LogP contribution in [0.25, 0.3) is 0 Å². The molecule has 1 aromatic rings. The molecule has 1 saturated heterocycles. The number of nitrogens with one attached hydrogen (secondary N) is 2. The second-order valence-electron chi connectivity index (χ2n) is 8.34. The molecule has 3 rings (SSSR count). The first-order chi connectivity index (χ1) is 13.6. The van der Waals surface area contributed by atoms with Crippen molar-refractivity contribution in [2.24, 2.45) is 5.92 Å². The van der Waals surface area contributed by atoms with Gasteiger partial charge in [0.1, 0.15) is 5.75 Å². The van der Waals surface area contributed by atoms with Crippen LogP contribution in [0.1, 0.15) is 45.1 Å². The maximum Gasteiger partial charge on any atom is 0.315 e. The van der Waals surface area contributed by atoms with Gasteiger partial charge >= 0.3 is 6.03 Å². The van der Waals surface area contributed by atoms with Gasteiger partial charge in [0.15, 0.2) is 0 Å². The summed E-state index contributed by atoms with van der Waals surface area (Å²) in [4.78, 5) is 14.7. The first kappa shape index (κ1) is 20.9. The molecule has 1 aliphatic heterocycles. The number of carbonyl (C=O) groups excluding carboxylic acids is 1. The van der Waals surface area contributed by atoms with Crippen LogP contribution < -0.4 is 15.4 Å². The van der Waals surface area contributed by atoms with E-state index >= 15 is 0 Å². The number of morpholine rings is 1. The van der Waals surface area contributed by atoms with Gasteiger partial charge in [-0.1, -0.05) is 32.0 Å². The van der Waals surface area contributed by atoms with Gasteiger partial charge in [0.25, 0.3) is 0 Å². The molecule has 156 valence electrons. The quantitative estimate of drug-likeness (QED) is 0.717. The van der Waals surface area contributed by atoms with E-state index in [4.69, 9.17) is 9.47 Å². The topological polar surface area (TPSA) is 62.8 Å². The number of amides is 2. The molecule has 2 fully saturated rings. The van der Waals surface area contributed by atoms with Gasteiger partial charge in [0, 0.05) is 38.3 Å². The van der Waals surface area contributed by atoms with Crippen LogP contribution in [-0.2, 0) is 11.3 Å². The third-order valence-corrected chi connectivity index (χ3v) is 5.34. The third-order valence-electron chi connectivity index (χ3n) is 5.34. The van der Waals surface area contributed by atoms with Crippen molar-refractivity contribution in [1.82, 2.24) is 15.5 Å². The summed E-state index contributed by atoms with van der Waals surface area (Å²) in [5, 5.41) is 5.89. The van der Waals surface area contributed by atoms with E-state index in [1.54, 1.807) is 0 Å². The second kappa shape index (κ2) is 10.7. The van der Waals surface area contributed by atoms with Crippen LogP contribution in [0.4, 0.5) is 4.79 Å². The molecule has 1 unspecified atom stereocenters. The smallest absolute Gasteiger partial charge is 0.315 e. The maximum absolute atomic E-state index is 12.2. The summed E-state index contributed by atoms with van der Waals surface area (Å²) >= 11 is 0. The van der Waals surface area contributed by atoms with Crippen LogP contribution in [0.3, 0.4) is 0 Å². The Morgan fingerprint density at radius 1 is 1.25 bits per heavy atom. The van der Waals surface area contributed by atoms with Gasteiger partial charge in [-0.25, -0.2) is 4.79 Å². The zero-order chi connectivity index (χ0) is 19.8. The average Bonchev–Trinajstić information content (AvgIpc) is 3.18. The second-order valence-corrected chi connectivity index (χ2v) is 8.34. The molecule has 1 atom stereocenters. The average molecular weight is 390 g/mol. The van der Waals surface area contributed by atoms with E-state index in [0.717, 1.165) is 50.4 Å². The maximum atomic E-state index is 12.2. The summed E-state index contributed by atoms with van der Waals surface area (Å²) in [5.41, 5.74) is 1.02. The van der Waals surface area contributed by atoms with Crippen molar-refractivity contribution in [1.29, 1.82) is 0 Å². The first-order valence-electron chi connectivity index (χ1n) is 10.7. The first-order valence-corrected chi connectivity index (χ1v) is 10.7. The Labute approximate surface area is 169 Å². The van der Waals surface area contributed by atoms with E-state index in [-0.39, 0.29) is 12.1 Å². The van der Waals surface area contributed by atoms with E-state index < -0.39 is 0 Å². The SMILES string of the molecule is CC(C)CN1CCOC(CNC(=O)NCc2ccccc2OC2CCCC2)C1. The van der Waals surface area contributed by atoms with Crippen molar-refractivity contribution in [3.8, 4) is 5.75 Å². The molecular formula is C22H35N3O3. The van der Waals surface area contributed by atoms with Crippen molar-refractivity contribution < 1.29 is 14.3 Å². The molecule has 1 aliphatic carbocycles. The fourth-order valence-electron chi connectivity index (χ4n) is 3.98. The largest absolute Gasteiger partial charge is 0.490 e. The number of rotatable bonds is 8. The molecule has 0 spiro atoms. The number of hydrogen-bond acceptors (Lipinski definition) is 4. The Morgan fingerprint density at radius 3 is 2.82 bits per heavy atom. The Hall–Kier alpha value is -1.79. The lowest BCUT2D eigenvalue weighted by molar-refractivity contribution is -0.0290. The Balaban J connectivity index is 1.41. The molecular weight excluding hydrogens is 354 g/mol. The lowest BCUT2D eigenvalue weighted by atomic mass is 10.2. The zero-order valence-corrected chi connectivity index (χ0v) is 17.3. The number of ether oxygens (including phenoxy) is 2. The molecule has 2 N–H and O–H groups in total. The molecule has 2 amide bonds. The van der Waals surface area contributed by atoms with Crippen LogP contribution in [-0.4, -0.2) is 55.9 Å². The molecule has 0 radical (unpaired) electrons. The van der Waals surface area contributed by atoms with Gasteiger partial charge in [-0.2, -0.15) is 0 Å². The van der Waals surface area contributed by atoms with E-state index in [1.807, 2.05) is 24.3 Å². The lowest BCUT2D eigenvalue weighted by Crippen LogP contribution is -2.49. The fourth-order valence-corrected chi connectivity index (χ4v) is 3.98. The van der Waals surface area contributed by atoms with Gasteiger partial charge in [0.2, 0.25) is 0 Å². The number of nitrogens with zero attached hydrogens (tertiary/aromatic N) is 1. The molecule has 1 heterocycles. The van der Waals surface area contributed by atoms with Crippen molar-refractivity contribution in [2.45, 2.75) is 58.3 Å². The minimum Gasteiger partial charge on any atom is -0.490 e. The Morgan fingerprint density at radius 2 is 2.04 bits per heavy atom. The highest BCUT2D eigenvalue weighted by molar-refractivity contribution is 5.73. The number of carbonyl (C=O) groups is 1. The summed E-state index contributed by atoms with van der Waals surface area (Å²) in [6.07, 6.45) is 5.09. The summed E-state index contributed by atoms with van der Waals surface area (Å²) in [5.74, 6) is 1.52. The van der Waals surface area contributed by atoms with Crippen molar-refractivity contribution >= 4 is 6.03 Å². The molecule has 0 aromatic heterocycles. The van der Waals surface area contributed by atoms with Gasteiger partial charge in [-0.3, -0.25) is 4.90 Å². The number of benzene rings is 1. The van der Waals surface area contributed by atoms with Crippen molar-refractivity contribution in [3.05, 3.63) is 29.8 Å². The van der Waals surface area contributed by atoms with Crippen LogP contribution in [0.2, 0.25) is 0 Å². The van der Waals surface area contributed by atoms with Crippen LogP contribution in [0.15, 0.2) is 24.3 Å². The molecule has 1 aromatic carbocycles. The number of hydrogen-bond donors (Lipinski definition) is 2.